The number of benzene rings is 1. The number of piperidine rings is 1. The van der Waals surface area contributed by atoms with Crippen LogP contribution in [-0.2, 0) is 4.79 Å². The topological polar surface area (TPSA) is 49.4 Å². The largest absolute Gasteiger partial charge is 0.341 e. The molecule has 0 aliphatic carbocycles. The molecule has 1 aliphatic rings. The Morgan fingerprint density at radius 3 is 2.04 bits per heavy atom. The van der Waals surface area contributed by atoms with Crippen LogP contribution in [0.25, 0.3) is 0 Å². The molecule has 1 heterocycles. The van der Waals surface area contributed by atoms with Crippen molar-refractivity contribution in [3.05, 3.63) is 35.4 Å². The van der Waals surface area contributed by atoms with E-state index in [1.807, 2.05) is 43.0 Å². The smallest absolute Gasteiger partial charge is 0.251 e. The van der Waals surface area contributed by atoms with Crippen molar-refractivity contribution in [3.8, 4) is 0 Å². The Morgan fingerprint density at radius 2 is 1.54 bits per heavy atom. The van der Waals surface area contributed by atoms with Crippen LogP contribution in [0.5, 0.6) is 0 Å². The summed E-state index contributed by atoms with van der Waals surface area (Å²) in [6.45, 7) is 9.83. The molecule has 1 aromatic carbocycles. The maximum atomic E-state index is 12.8. The Hall–Kier alpha value is -1.84. The van der Waals surface area contributed by atoms with Gasteiger partial charge in [0.05, 0.1) is 0 Å². The average Bonchev–Trinajstić information content (AvgIpc) is 2.59. The van der Waals surface area contributed by atoms with Crippen molar-refractivity contribution in [2.24, 2.45) is 5.92 Å². The Balaban J connectivity index is 2.06. The standard InChI is InChI=1S/C20H30N2O2/c1-14(2)16-8-10-17(11-9-16)19(23)21-18(15(3)4)20(24)22-12-6-5-7-13-22/h8-11,14-15,18H,5-7,12-13H2,1-4H3,(H,21,23). The highest BCUT2D eigenvalue weighted by atomic mass is 16.2. The van der Waals surface area contributed by atoms with Gasteiger partial charge in [0.15, 0.2) is 0 Å². The molecule has 1 N–H and O–H groups in total. The fourth-order valence-electron chi connectivity index (χ4n) is 3.07. The van der Waals surface area contributed by atoms with Crippen molar-refractivity contribution >= 4 is 11.8 Å². The van der Waals surface area contributed by atoms with E-state index in [9.17, 15) is 9.59 Å². The monoisotopic (exact) mass is 330 g/mol. The van der Waals surface area contributed by atoms with Crippen LogP contribution in [0, 0.1) is 5.92 Å². The lowest BCUT2D eigenvalue weighted by Crippen LogP contribution is -2.52. The molecule has 4 nitrogen and oxygen atoms in total. The minimum absolute atomic E-state index is 0.0526. The molecule has 2 amide bonds. The first kappa shape index (κ1) is 18.5. The summed E-state index contributed by atoms with van der Waals surface area (Å²) >= 11 is 0. The van der Waals surface area contributed by atoms with Crippen molar-refractivity contribution < 1.29 is 9.59 Å². The summed E-state index contributed by atoms with van der Waals surface area (Å²) in [7, 11) is 0. The van der Waals surface area contributed by atoms with Gasteiger partial charge in [-0.3, -0.25) is 9.59 Å². The molecule has 1 unspecified atom stereocenters. The fraction of sp³-hybridized carbons (Fsp3) is 0.600. The van der Waals surface area contributed by atoms with Gasteiger partial charge in [0.2, 0.25) is 5.91 Å². The molecule has 0 radical (unpaired) electrons. The summed E-state index contributed by atoms with van der Waals surface area (Å²) in [5.41, 5.74) is 1.81. The molecule has 0 saturated carbocycles. The predicted octanol–water partition coefficient (Wildman–Crippen LogP) is 3.58. The van der Waals surface area contributed by atoms with Crippen molar-refractivity contribution in [1.82, 2.24) is 10.2 Å². The lowest BCUT2D eigenvalue weighted by molar-refractivity contribution is -0.135. The number of likely N-dealkylation sites (tertiary alicyclic amines) is 1. The summed E-state index contributed by atoms with van der Waals surface area (Å²) in [4.78, 5) is 27.2. The quantitative estimate of drug-likeness (QED) is 0.897. The van der Waals surface area contributed by atoms with E-state index >= 15 is 0 Å². The van der Waals surface area contributed by atoms with E-state index in [0.29, 0.717) is 11.5 Å². The lowest BCUT2D eigenvalue weighted by atomic mass is 9.99. The number of hydrogen-bond donors (Lipinski definition) is 1. The third kappa shape index (κ3) is 4.59. The number of nitrogens with one attached hydrogen (secondary N) is 1. The van der Waals surface area contributed by atoms with Gasteiger partial charge >= 0.3 is 0 Å². The number of amides is 2. The number of hydrogen-bond acceptors (Lipinski definition) is 2. The van der Waals surface area contributed by atoms with Crippen LogP contribution in [0.1, 0.15) is 68.8 Å². The van der Waals surface area contributed by atoms with Crippen LogP contribution in [0.4, 0.5) is 0 Å². The van der Waals surface area contributed by atoms with E-state index in [2.05, 4.69) is 19.2 Å². The number of nitrogens with zero attached hydrogens (tertiary/aromatic N) is 1. The molecule has 1 aromatic rings. The molecular weight excluding hydrogens is 300 g/mol. The molecule has 2 rings (SSSR count). The zero-order valence-corrected chi connectivity index (χ0v) is 15.3. The van der Waals surface area contributed by atoms with E-state index in [4.69, 9.17) is 0 Å². The summed E-state index contributed by atoms with van der Waals surface area (Å²) < 4.78 is 0. The van der Waals surface area contributed by atoms with Gasteiger partial charge in [0, 0.05) is 18.7 Å². The van der Waals surface area contributed by atoms with Gasteiger partial charge in [-0.2, -0.15) is 0 Å². The summed E-state index contributed by atoms with van der Waals surface area (Å²) in [5, 5.41) is 2.95. The van der Waals surface area contributed by atoms with Crippen molar-refractivity contribution in [3.63, 3.8) is 0 Å². The van der Waals surface area contributed by atoms with Crippen molar-refractivity contribution in [1.29, 1.82) is 0 Å². The van der Waals surface area contributed by atoms with Gasteiger partial charge in [0.25, 0.3) is 5.91 Å². The Morgan fingerprint density at radius 1 is 0.958 bits per heavy atom. The number of carbonyl (C=O) groups excluding carboxylic acids is 2. The second-order valence-corrected chi connectivity index (χ2v) is 7.36. The van der Waals surface area contributed by atoms with Crippen molar-refractivity contribution in [2.45, 2.75) is 58.9 Å². The van der Waals surface area contributed by atoms with Gasteiger partial charge in [0.1, 0.15) is 6.04 Å². The molecule has 132 valence electrons. The third-order valence-corrected chi connectivity index (χ3v) is 4.73. The number of rotatable bonds is 5. The highest BCUT2D eigenvalue weighted by Crippen LogP contribution is 2.16. The zero-order valence-electron chi connectivity index (χ0n) is 15.3. The molecule has 1 fully saturated rings. The minimum atomic E-state index is -0.458. The van der Waals surface area contributed by atoms with Crippen LogP contribution in [0.2, 0.25) is 0 Å². The molecule has 1 aliphatic heterocycles. The van der Waals surface area contributed by atoms with Gasteiger partial charge < -0.3 is 10.2 Å². The molecule has 4 heteroatoms. The van der Waals surface area contributed by atoms with Gasteiger partial charge in [-0.25, -0.2) is 0 Å². The summed E-state index contributed by atoms with van der Waals surface area (Å²) in [6.07, 6.45) is 3.30. The van der Waals surface area contributed by atoms with Crippen LogP contribution in [-0.4, -0.2) is 35.8 Å². The van der Waals surface area contributed by atoms with E-state index in [1.54, 1.807) is 0 Å². The second kappa shape index (κ2) is 8.32. The Bertz CT molecular complexity index is 558. The Kier molecular flexibility index (Phi) is 6.41. The zero-order chi connectivity index (χ0) is 17.7. The van der Waals surface area contributed by atoms with Gasteiger partial charge in [-0.05, 0) is 48.8 Å². The molecule has 0 aromatic heterocycles. The number of carbonyl (C=O) groups is 2. The molecule has 0 spiro atoms. The van der Waals surface area contributed by atoms with Crippen LogP contribution in [0.3, 0.4) is 0 Å². The average molecular weight is 330 g/mol. The van der Waals surface area contributed by atoms with Crippen LogP contribution < -0.4 is 5.32 Å². The van der Waals surface area contributed by atoms with E-state index < -0.39 is 6.04 Å². The molecule has 0 bridgehead atoms. The first-order valence-corrected chi connectivity index (χ1v) is 9.09. The lowest BCUT2D eigenvalue weighted by Gasteiger charge is -2.32. The van der Waals surface area contributed by atoms with E-state index in [0.717, 1.165) is 25.9 Å². The maximum Gasteiger partial charge on any atom is 0.251 e. The van der Waals surface area contributed by atoms with Gasteiger partial charge in [-0.1, -0.05) is 39.8 Å². The van der Waals surface area contributed by atoms with Gasteiger partial charge in [-0.15, -0.1) is 0 Å². The molecule has 1 atom stereocenters. The fourth-order valence-corrected chi connectivity index (χ4v) is 3.07. The first-order chi connectivity index (χ1) is 11.4. The van der Waals surface area contributed by atoms with Crippen molar-refractivity contribution in [2.75, 3.05) is 13.1 Å². The second-order valence-electron chi connectivity index (χ2n) is 7.36. The SMILES string of the molecule is CC(C)c1ccc(C(=O)NC(C(=O)N2CCCCC2)C(C)C)cc1. The minimum Gasteiger partial charge on any atom is -0.341 e. The predicted molar refractivity (Wildman–Crippen MR) is 97.1 cm³/mol. The van der Waals surface area contributed by atoms with Crippen LogP contribution in [0.15, 0.2) is 24.3 Å². The molecule has 24 heavy (non-hydrogen) atoms. The Labute approximate surface area is 145 Å². The first-order valence-electron chi connectivity index (χ1n) is 9.09. The van der Waals surface area contributed by atoms with E-state index in [-0.39, 0.29) is 17.7 Å². The normalized spacial score (nSPS) is 16.3. The summed E-state index contributed by atoms with van der Waals surface area (Å²) in [6, 6.07) is 7.19. The molecule has 1 saturated heterocycles. The highest BCUT2D eigenvalue weighted by Gasteiger charge is 2.29. The third-order valence-electron chi connectivity index (χ3n) is 4.73. The maximum absolute atomic E-state index is 12.8. The molecular formula is C20H30N2O2. The van der Waals surface area contributed by atoms with E-state index in [1.165, 1.54) is 12.0 Å². The van der Waals surface area contributed by atoms with Crippen LogP contribution >= 0.6 is 0 Å². The summed E-state index contributed by atoms with van der Waals surface area (Å²) in [5.74, 6) is 0.385. The highest BCUT2D eigenvalue weighted by molar-refractivity contribution is 5.97.